The van der Waals surface area contributed by atoms with Gasteiger partial charge in [-0.3, -0.25) is 0 Å². The topological polar surface area (TPSA) is 29.5 Å². The highest BCUT2D eigenvalue weighted by molar-refractivity contribution is 5.42. The van der Waals surface area contributed by atoms with Crippen molar-refractivity contribution in [3.63, 3.8) is 0 Å². The van der Waals surface area contributed by atoms with E-state index in [2.05, 4.69) is 0 Å². The van der Waals surface area contributed by atoms with E-state index in [0.717, 1.165) is 0 Å². The van der Waals surface area contributed by atoms with Gasteiger partial charge in [0.25, 0.3) is 0 Å². The molecule has 0 bridgehead atoms. The summed E-state index contributed by atoms with van der Waals surface area (Å²) in [5, 5.41) is 9.31. The second-order valence-corrected chi connectivity index (χ2v) is 2.94. The molecule has 0 saturated carbocycles. The van der Waals surface area contributed by atoms with Crippen LogP contribution in [0.25, 0.3) is 0 Å². The van der Waals surface area contributed by atoms with Crippen LogP contribution in [0.3, 0.4) is 0 Å². The highest BCUT2D eigenvalue weighted by atomic mass is 19.1. The van der Waals surface area contributed by atoms with Crippen molar-refractivity contribution in [2.45, 2.75) is 13.0 Å². The van der Waals surface area contributed by atoms with E-state index in [0.29, 0.717) is 11.1 Å². The van der Waals surface area contributed by atoms with Crippen molar-refractivity contribution in [3.8, 4) is 5.75 Å². The molecular weight excluding hydrogens is 159 g/mol. The number of hydrogen-bond donors (Lipinski definition) is 1. The molecule has 1 unspecified atom stereocenters. The lowest BCUT2D eigenvalue weighted by Gasteiger charge is -2.02. The first-order chi connectivity index (χ1) is 5.70. The largest absolute Gasteiger partial charge is 0.487 e. The van der Waals surface area contributed by atoms with Gasteiger partial charge in [-0.15, -0.1) is 0 Å². The molecule has 0 saturated heterocycles. The first kappa shape index (κ1) is 7.55. The van der Waals surface area contributed by atoms with Crippen molar-refractivity contribution in [1.29, 1.82) is 0 Å². The van der Waals surface area contributed by atoms with E-state index in [1.807, 2.05) is 0 Å². The predicted octanol–water partition coefficient (Wildman–Crippen LogP) is 1.56. The van der Waals surface area contributed by atoms with Crippen molar-refractivity contribution in [2.24, 2.45) is 0 Å². The van der Waals surface area contributed by atoms with Crippen LogP contribution in [0.15, 0.2) is 12.1 Å². The van der Waals surface area contributed by atoms with Crippen LogP contribution in [0, 0.1) is 12.7 Å². The third-order valence-electron chi connectivity index (χ3n) is 2.07. The summed E-state index contributed by atoms with van der Waals surface area (Å²) in [6.07, 6.45) is -0.671. The summed E-state index contributed by atoms with van der Waals surface area (Å²) in [7, 11) is 0. The van der Waals surface area contributed by atoms with Gasteiger partial charge in [0.2, 0.25) is 0 Å². The van der Waals surface area contributed by atoms with Gasteiger partial charge in [-0.05, 0) is 12.5 Å². The minimum Gasteiger partial charge on any atom is -0.487 e. The highest BCUT2D eigenvalue weighted by Gasteiger charge is 2.25. The van der Waals surface area contributed by atoms with Gasteiger partial charge in [-0.2, -0.15) is 0 Å². The number of hydrogen-bond acceptors (Lipinski definition) is 2. The molecule has 2 nitrogen and oxygen atoms in total. The maximum Gasteiger partial charge on any atom is 0.168 e. The number of fused-ring (bicyclic) bond motifs is 1. The summed E-state index contributed by atoms with van der Waals surface area (Å²) in [6.45, 7) is 1.83. The van der Waals surface area contributed by atoms with Crippen molar-refractivity contribution < 1.29 is 14.2 Å². The van der Waals surface area contributed by atoms with E-state index >= 15 is 0 Å². The fourth-order valence-electron chi connectivity index (χ4n) is 1.33. The summed E-state index contributed by atoms with van der Waals surface area (Å²) in [6, 6.07) is 3.34. The zero-order valence-electron chi connectivity index (χ0n) is 6.67. The summed E-state index contributed by atoms with van der Waals surface area (Å²) < 4.78 is 18.2. The second-order valence-electron chi connectivity index (χ2n) is 2.94. The molecule has 1 atom stereocenters. The molecule has 0 aliphatic carbocycles. The summed E-state index contributed by atoms with van der Waals surface area (Å²) >= 11 is 0. The molecule has 0 amide bonds. The molecule has 64 valence electrons. The van der Waals surface area contributed by atoms with Crippen LogP contribution in [-0.2, 0) is 0 Å². The van der Waals surface area contributed by atoms with E-state index in [1.165, 1.54) is 0 Å². The Kier molecular flexibility index (Phi) is 1.54. The van der Waals surface area contributed by atoms with Gasteiger partial charge >= 0.3 is 0 Å². The van der Waals surface area contributed by atoms with Crippen LogP contribution in [0.4, 0.5) is 4.39 Å². The van der Waals surface area contributed by atoms with Crippen molar-refractivity contribution in [3.05, 3.63) is 29.1 Å². The smallest absolute Gasteiger partial charge is 0.168 e. The van der Waals surface area contributed by atoms with Gasteiger partial charge in [0, 0.05) is 5.56 Å². The maximum absolute atomic E-state index is 13.2. The Morgan fingerprint density at radius 2 is 2.33 bits per heavy atom. The average Bonchev–Trinajstić information content (AvgIpc) is 2.41. The molecule has 0 fully saturated rings. The summed E-state index contributed by atoms with van der Waals surface area (Å²) in [5.41, 5.74) is 1.10. The van der Waals surface area contributed by atoms with E-state index in [-0.39, 0.29) is 18.2 Å². The Balaban J connectivity index is 2.60. The number of ether oxygens (including phenoxy) is 1. The number of aliphatic hydroxyl groups excluding tert-OH is 1. The quantitative estimate of drug-likeness (QED) is 0.637. The number of benzene rings is 1. The zero-order valence-corrected chi connectivity index (χ0v) is 6.67. The lowest BCUT2D eigenvalue weighted by Crippen LogP contribution is -1.97. The van der Waals surface area contributed by atoms with Gasteiger partial charge in [-0.1, -0.05) is 12.1 Å². The van der Waals surface area contributed by atoms with E-state index < -0.39 is 6.10 Å². The minimum atomic E-state index is -0.671. The van der Waals surface area contributed by atoms with Crippen LogP contribution in [0.5, 0.6) is 5.75 Å². The molecule has 0 radical (unpaired) electrons. The van der Waals surface area contributed by atoms with E-state index in [9.17, 15) is 9.50 Å². The van der Waals surface area contributed by atoms with Gasteiger partial charge in [0.15, 0.2) is 11.6 Å². The van der Waals surface area contributed by atoms with E-state index in [1.54, 1.807) is 19.1 Å². The Hall–Kier alpha value is -1.09. The molecule has 12 heavy (non-hydrogen) atoms. The number of rotatable bonds is 0. The van der Waals surface area contributed by atoms with Gasteiger partial charge in [0.1, 0.15) is 12.7 Å². The second kappa shape index (κ2) is 2.45. The number of aryl methyl sites for hydroxylation is 1. The molecule has 1 aliphatic heterocycles. The first-order valence-electron chi connectivity index (χ1n) is 3.80. The summed E-state index contributed by atoms with van der Waals surface area (Å²) in [5.74, 6) is -0.147. The molecule has 1 aromatic carbocycles. The maximum atomic E-state index is 13.2. The van der Waals surface area contributed by atoms with Gasteiger partial charge in [-0.25, -0.2) is 4.39 Å². The third kappa shape index (κ3) is 0.898. The minimum absolute atomic E-state index is 0.162. The Morgan fingerprint density at radius 1 is 1.58 bits per heavy atom. The Morgan fingerprint density at radius 3 is 3.08 bits per heavy atom. The lowest BCUT2D eigenvalue weighted by molar-refractivity contribution is 0.139. The van der Waals surface area contributed by atoms with Crippen molar-refractivity contribution in [2.75, 3.05) is 6.61 Å². The molecular formula is C9H9FO2. The van der Waals surface area contributed by atoms with Crippen LogP contribution in [0.1, 0.15) is 17.2 Å². The standard InChI is InChI=1S/C9H9FO2/c1-5-2-3-6-7(11)4-12-9(6)8(5)10/h2-3,7,11H,4H2,1H3. The normalized spacial score (nSPS) is 20.4. The first-order valence-corrected chi connectivity index (χ1v) is 3.80. The van der Waals surface area contributed by atoms with E-state index in [4.69, 9.17) is 4.74 Å². The Bertz CT molecular complexity index is 323. The average molecular weight is 168 g/mol. The summed E-state index contributed by atoms with van der Waals surface area (Å²) in [4.78, 5) is 0. The molecule has 2 rings (SSSR count). The zero-order chi connectivity index (χ0) is 8.72. The highest BCUT2D eigenvalue weighted by Crippen LogP contribution is 2.35. The molecule has 3 heteroatoms. The molecule has 1 aromatic rings. The molecule has 0 spiro atoms. The molecule has 1 aliphatic rings. The van der Waals surface area contributed by atoms with Crippen LogP contribution >= 0.6 is 0 Å². The monoisotopic (exact) mass is 168 g/mol. The van der Waals surface area contributed by atoms with Crippen molar-refractivity contribution in [1.82, 2.24) is 0 Å². The van der Waals surface area contributed by atoms with Crippen LogP contribution in [-0.4, -0.2) is 11.7 Å². The fourth-order valence-corrected chi connectivity index (χ4v) is 1.33. The Labute approximate surface area is 69.6 Å². The number of aliphatic hydroxyl groups is 1. The molecule has 1 heterocycles. The van der Waals surface area contributed by atoms with Gasteiger partial charge in [0.05, 0.1) is 0 Å². The number of halogens is 1. The van der Waals surface area contributed by atoms with Gasteiger partial charge < -0.3 is 9.84 Å². The van der Waals surface area contributed by atoms with Crippen LogP contribution in [0.2, 0.25) is 0 Å². The SMILES string of the molecule is Cc1ccc2c(c1F)OCC2O. The lowest BCUT2D eigenvalue weighted by atomic mass is 10.1. The van der Waals surface area contributed by atoms with Crippen LogP contribution < -0.4 is 4.74 Å². The molecule has 0 aromatic heterocycles. The predicted molar refractivity (Wildman–Crippen MR) is 41.6 cm³/mol. The third-order valence-corrected chi connectivity index (χ3v) is 2.07. The van der Waals surface area contributed by atoms with Crippen molar-refractivity contribution >= 4 is 0 Å². The molecule has 1 N–H and O–H groups in total. The fraction of sp³-hybridized carbons (Fsp3) is 0.333.